The van der Waals surface area contributed by atoms with E-state index < -0.39 is 0 Å². The van der Waals surface area contributed by atoms with Gasteiger partial charge in [0.15, 0.2) is 0 Å². The number of aromatic amines is 1. The number of fused-ring (bicyclic) bond motifs is 2. The predicted molar refractivity (Wildman–Crippen MR) is 117 cm³/mol. The highest BCUT2D eigenvalue weighted by Crippen LogP contribution is 2.31. The van der Waals surface area contributed by atoms with E-state index in [-0.39, 0.29) is 5.91 Å². The summed E-state index contributed by atoms with van der Waals surface area (Å²) in [6.07, 6.45) is 13.6. The zero-order chi connectivity index (χ0) is 19.6. The van der Waals surface area contributed by atoms with Gasteiger partial charge in [0.05, 0.1) is 10.9 Å². The molecule has 0 radical (unpaired) electrons. The largest absolute Gasteiger partial charge is 0.489 e. The Bertz CT molecular complexity index is 1140. The van der Waals surface area contributed by atoms with E-state index in [9.17, 15) is 4.79 Å². The van der Waals surface area contributed by atoms with Crippen LogP contribution in [-0.4, -0.2) is 17.5 Å². The maximum Gasteiger partial charge on any atom is 0.257 e. The average molecular weight is 384 g/mol. The Morgan fingerprint density at radius 2 is 2.03 bits per heavy atom. The van der Waals surface area contributed by atoms with Gasteiger partial charge in [-0.3, -0.25) is 4.79 Å². The molecule has 0 fully saturated rings. The van der Waals surface area contributed by atoms with Gasteiger partial charge in [-0.25, -0.2) is 0 Å². The monoisotopic (exact) mass is 384 g/mol. The lowest BCUT2D eigenvalue weighted by atomic mass is 10.1. The summed E-state index contributed by atoms with van der Waals surface area (Å²) in [5.41, 5.74) is 6.37. The van der Waals surface area contributed by atoms with Crippen LogP contribution in [0.3, 0.4) is 0 Å². The first-order chi connectivity index (χ1) is 14.3. The fraction of sp³-hybridized carbons (Fsp3) is 0.240. The Morgan fingerprint density at radius 3 is 2.93 bits per heavy atom. The first-order valence-electron chi connectivity index (χ1n) is 10.3. The van der Waals surface area contributed by atoms with E-state index in [1.807, 2.05) is 24.3 Å². The molecule has 0 aliphatic heterocycles. The quantitative estimate of drug-likeness (QED) is 0.605. The Labute approximate surface area is 170 Å². The molecule has 1 heterocycles. The zero-order valence-electron chi connectivity index (χ0n) is 16.3. The molecule has 2 aliphatic rings. The van der Waals surface area contributed by atoms with Gasteiger partial charge >= 0.3 is 0 Å². The summed E-state index contributed by atoms with van der Waals surface area (Å²) in [5, 5.41) is 3.90. The van der Waals surface area contributed by atoms with Gasteiger partial charge in [-0.1, -0.05) is 30.4 Å². The summed E-state index contributed by atoms with van der Waals surface area (Å²) >= 11 is 0. The summed E-state index contributed by atoms with van der Waals surface area (Å²) < 4.78 is 6.12. The molecule has 4 nitrogen and oxygen atoms in total. The Balaban J connectivity index is 1.40. The van der Waals surface area contributed by atoms with Gasteiger partial charge in [-0.15, -0.1) is 0 Å². The van der Waals surface area contributed by atoms with Gasteiger partial charge in [0.2, 0.25) is 0 Å². The molecule has 4 heteroatoms. The van der Waals surface area contributed by atoms with Crippen molar-refractivity contribution >= 4 is 22.5 Å². The van der Waals surface area contributed by atoms with Gasteiger partial charge in [-0.05, 0) is 73.1 Å². The van der Waals surface area contributed by atoms with Crippen LogP contribution in [-0.2, 0) is 12.8 Å². The number of carbonyl (C=O) groups is 1. The lowest BCUT2D eigenvalue weighted by molar-refractivity contribution is 0.102. The Morgan fingerprint density at radius 1 is 1.10 bits per heavy atom. The summed E-state index contributed by atoms with van der Waals surface area (Å²) in [5.74, 6) is 0.614. The maximum absolute atomic E-state index is 13.0. The molecule has 1 aromatic heterocycles. The minimum absolute atomic E-state index is 0.120. The van der Waals surface area contributed by atoms with Crippen molar-refractivity contribution < 1.29 is 9.53 Å². The molecule has 0 bridgehead atoms. The predicted octanol–water partition coefficient (Wildman–Crippen LogP) is 5.56. The molecule has 2 aromatic carbocycles. The highest BCUT2D eigenvalue weighted by Gasteiger charge is 2.18. The fourth-order valence-corrected chi connectivity index (χ4v) is 4.24. The topological polar surface area (TPSA) is 54.1 Å². The van der Waals surface area contributed by atoms with Crippen molar-refractivity contribution in [2.24, 2.45) is 0 Å². The van der Waals surface area contributed by atoms with Gasteiger partial charge in [0.25, 0.3) is 5.91 Å². The zero-order valence-corrected chi connectivity index (χ0v) is 16.3. The number of anilines is 1. The first-order valence-corrected chi connectivity index (χ1v) is 10.3. The molecule has 146 valence electrons. The van der Waals surface area contributed by atoms with E-state index in [4.69, 9.17) is 4.74 Å². The molecule has 2 aliphatic carbocycles. The number of carbonyl (C=O) groups excluding carboxylic acids is 1. The van der Waals surface area contributed by atoms with E-state index in [1.54, 1.807) is 6.20 Å². The number of amides is 1. The molecule has 0 atom stereocenters. The highest BCUT2D eigenvalue weighted by molar-refractivity contribution is 6.14. The molecule has 0 spiro atoms. The SMILES string of the molecule is O=C(Nc1ccc2c(c1)CCC2)c1c[nH]c2cccc(OCC3=CC=CCC3)c12. The molecule has 5 rings (SSSR count). The van der Waals surface area contributed by atoms with Crippen molar-refractivity contribution in [1.29, 1.82) is 0 Å². The van der Waals surface area contributed by atoms with E-state index >= 15 is 0 Å². The number of hydrogen-bond acceptors (Lipinski definition) is 2. The molecule has 3 aromatic rings. The molecule has 0 saturated carbocycles. The van der Waals surface area contributed by atoms with Crippen LogP contribution in [0.4, 0.5) is 5.69 Å². The van der Waals surface area contributed by atoms with Crippen molar-refractivity contribution in [3.8, 4) is 5.75 Å². The second kappa shape index (κ2) is 7.63. The van der Waals surface area contributed by atoms with Crippen molar-refractivity contribution in [3.63, 3.8) is 0 Å². The smallest absolute Gasteiger partial charge is 0.257 e. The third kappa shape index (κ3) is 3.58. The van der Waals surface area contributed by atoms with Gasteiger partial charge in [-0.2, -0.15) is 0 Å². The van der Waals surface area contributed by atoms with Gasteiger partial charge < -0.3 is 15.0 Å². The number of ether oxygens (including phenoxy) is 1. The van der Waals surface area contributed by atoms with Crippen molar-refractivity contribution in [2.75, 3.05) is 11.9 Å². The van der Waals surface area contributed by atoms with Crippen LogP contribution in [0.1, 0.15) is 40.7 Å². The Hall–Kier alpha value is -3.27. The van der Waals surface area contributed by atoms with E-state index in [0.717, 1.165) is 48.0 Å². The molecular formula is C25H24N2O2. The third-order valence-electron chi connectivity index (χ3n) is 5.78. The number of aryl methyl sites for hydroxylation is 2. The minimum atomic E-state index is -0.120. The first kappa shape index (κ1) is 17.8. The molecule has 1 amide bonds. The summed E-state index contributed by atoms with van der Waals surface area (Å²) in [7, 11) is 0. The van der Waals surface area contributed by atoms with Crippen LogP contribution in [0.5, 0.6) is 5.75 Å². The van der Waals surface area contributed by atoms with Crippen molar-refractivity contribution in [3.05, 3.63) is 83.1 Å². The molecule has 29 heavy (non-hydrogen) atoms. The van der Waals surface area contributed by atoms with Crippen LogP contribution in [0.25, 0.3) is 10.9 Å². The number of benzene rings is 2. The summed E-state index contributed by atoms with van der Waals surface area (Å²) in [4.78, 5) is 16.2. The van der Waals surface area contributed by atoms with Crippen LogP contribution in [0.2, 0.25) is 0 Å². The number of hydrogen-bond donors (Lipinski definition) is 2. The normalized spacial score (nSPS) is 15.2. The molecule has 0 unspecified atom stereocenters. The van der Waals surface area contributed by atoms with E-state index in [2.05, 4.69) is 40.7 Å². The summed E-state index contributed by atoms with van der Waals surface area (Å²) in [6.45, 7) is 0.542. The lowest BCUT2D eigenvalue weighted by Gasteiger charge is -2.13. The molecule has 0 saturated heterocycles. The van der Waals surface area contributed by atoms with E-state index in [0.29, 0.717) is 12.2 Å². The third-order valence-corrected chi connectivity index (χ3v) is 5.78. The number of rotatable bonds is 5. The second-order valence-electron chi connectivity index (χ2n) is 7.75. The van der Waals surface area contributed by atoms with E-state index in [1.165, 1.54) is 23.1 Å². The second-order valence-corrected chi connectivity index (χ2v) is 7.75. The van der Waals surface area contributed by atoms with Crippen LogP contribution < -0.4 is 10.1 Å². The maximum atomic E-state index is 13.0. The lowest BCUT2D eigenvalue weighted by Crippen LogP contribution is -2.12. The highest BCUT2D eigenvalue weighted by atomic mass is 16.5. The van der Waals surface area contributed by atoms with Crippen molar-refractivity contribution in [2.45, 2.75) is 32.1 Å². The molecule has 2 N–H and O–H groups in total. The molecular weight excluding hydrogens is 360 g/mol. The number of allylic oxidation sites excluding steroid dienone is 3. The standard InChI is InChI=1S/C25H24N2O2/c28-25(27-20-13-12-18-8-4-9-19(18)14-20)21-15-26-22-10-5-11-23(24(21)22)29-16-17-6-2-1-3-7-17/h1-2,5-6,10-15,26H,3-4,7-9,16H2,(H,27,28). The number of H-pyrrole nitrogens is 1. The van der Waals surface area contributed by atoms with Crippen LogP contribution in [0.15, 0.2) is 66.4 Å². The number of nitrogens with one attached hydrogen (secondary N) is 2. The summed E-state index contributed by atoms with van der Waals surface area (Å²) in [6, 6.07) is 12.1. The van der Waals surface area contributed by atoms with Crippen LogP contribution >= 0.6 is 0 Å². The van der Waals surface area contributed by atoms with Gasteiger partial charge in [0, 0.05) is 17.4 Å². The number of aromatic nitrogens is 1. The van der Waals surface area contributed by atoms with Crippen molar-refractivity contribution in [1.82, 2.24) is 4.98 Å². The minimum Gasteiger partial charge on any atom is -0.489 e. The fourth-order valence-electron chi connectivity index (χ4n) is 4.24. The van der Waals surface area contributed by atoms with Gasteiger partial charge in [0.1, 0.15) is 12.4 Å². The average Bonchev–Trinajstić information content (AvgIpc) is 3.40. The Kier molecular flexibility index (Phi) is 4.68. The van der Waals surface area contributed by atoms with Crippen LogP contribution in [0, 0.1) is 0 Å².